The van der Waals surface area contributed by atoms with Gasteiger partial charge in [0.2, 0.25) is 6.08 Å². The Balaban J connectivity index is 2.45. The van der Waals surface area contributed by atoms with E-state index in [1.54, 1.807) is 0 Å². The third kappa shape index (κ3) is 3.29. The smallest absolute Gasteiger partial charge is 0.416 e. The third-order valence-electron chi connectivity index (χ3n) is 2.57. The zero-order chi connectivity index (χ0) is 16.3. The number of alkyl halides is 3. The molecule has 2 rings (SSSR count). The Morgan fingerprint density at radius 2 is 1.64 bits per heavy atom. The summed E-state index contributed by atoms with van der Waals surface area (Å²) in [5.41, 5.74) is -1.55. The molecule has 0 heterocycles. The number of para-hydroxylation sites is 2. The summed E-state index contributed by atoms with van der Waals surface area (Å²) in [7, 11) is 0. The van der Waals surface area contributed by atoms with Gasteiger partial charge in [-0.25, -0.2) is 13.6 Å². The molecule has 0 unspecified atom stereocenters. The van der Waals surface area contributed by atoms with Crippen LogP contribution < -0.4 is 4.74 Å². The number of isocyanates is 1. The fourth-order valence-corrected chi connectivity index (χ4v) is 1.62. The van der Waals surface area contributed by atoms with Gasteiger partial charge in [-0.05, 0) is 24.3 Å². The van der Waals surface area contributed by atoms with Crippen LogP contribution in [-0.2, 0) is 11.0 Å². The fraction of sp³-hybridized carbons (Fsp3) is 0.0714. The summed E-state index contributed by atoms with van der Waals surface area (Å²) in [6.07, 6.45) is -3.66. The van der Waals surface area contributed by atoms with Crippen LogP contribution in [-0.4, -0.2) is 6.08 Å². The molecule has 8 heteroatoms. The summed E-state index contributed by atoms with van der Waals surface area (Å²) in [5, 5.41) is 0. The summed E-state index contributed by atoms with van der Waals surface area (Å²) in [4.78, 5) is 13.5. The van der Waals surface area contributed by atoms with Crippen molar-refractivity contribution in [1.29, 1.82) is 0 Å². The highest BCUT2D eigenvalue weighted by Gasteiger charge is 2.33. The molecule has 0 aliphatic heterocycles. The molecular formula is C14H6F5NO2. The Morgan fingerprint density at radius 3 is 2.18 bits per heavy atom. The van der Waals surface area contributed by atoms with E-state index in [0.717, 1.165) is 0 Å². The van der Waals surface area contributed by atoms with Gasteiger partial charge in [0.15, 0.2) is 23.1 Å². The van der Waals surface area contributed by atoms with Gasteiger partial charge in [-0.1, -0.05) is 12.1 Å². The van der Waals surface area contributed by atoms with Gasteiger partial charge in [0.05, 0.1) is 5.56 Å². The molecule has 3 nitrogen and oxygen atoms in total. The van der Waals surface area contributed by atoms with Crippen molar-refractivity contribution in [2.75, 3.05) is 0 Å². The molecule has 0 radical (unpaired) electrons. The van der Waals surface area contributed by atoms with E-state index in [4.69, 9.17) is 4.74 Å². The van der Waals surface area contributed by atoms with Crippen molar-refractivity contribution in [2.45, 2.75) is 6.18 Å². The maximum absolute atomic E-state index is 13.7. The van der Waals surface area contributed by atoms with Crippen molar-refractivity contribution in [1.82, 2.24) is 0 Å². The fourth-order valence-electron chi connectivity index (χ4n) is 1.62. The van der Waals surface area contributed by atoms with Crippen LogP contribution in [0.5, 0.6) is 11.5 Å². The lowest BCUT2D eigenvalue weighted by atomic mass is 10.2. The topological polar surface area (TPSA) is 38.7 Å². The first kappa shape index (κ1) is 15.7. The van der Waals surface area contributed by atoms with Gasteiger partial charge in [-0.2, -0.15) is 18.2 Å². The van der Waals surface area contributed by atoms with Crippen LogP contribution in [0, 0.1) is 11.6 Å². The van der Waals surface area contributed by atoms with Crippen LogP contribution in [0.1, 0.15) is 5.56 Å². The highest BCUT2D eigenvalue weighted by atomic mass is 19.4. The van der Waals surface area contributed by atoms with Gasteiger partial charge in [-0.15, -0.1) is 0 Å². The largest absolute Gasteiger partial charge is 0.449 e. The predicted molar refractivity (Wildman–Crippen MR) is 65.7 cm³/mol. The van der Waals surface area contributed by atoms with Crippen molar-refractivity contribution in [3.8, 4) is 11.5 Å². The molecule has 0 aliphatic carbocycles. The molecule has 2 aromatic carbocycles. The molecule has 2 aromatic rings. The minimum Gasteiger partial charge on any atom is -0.449 e. The molecule has 0 fully saturated rings. The first-order chi connectivity index (χ1) is 10.3. The number of ether oxygens (including phenoxy) is 1. The van der Waals surface area contributed by atoms with Crippen LogP contribution in [0.2, 0.25) is 0 Å². The number of aliphatic imine (C=N–C) groups is 1. The van der Waals surface area contributed by atoms with E-state index in [2.05, 4.69) is 4.99 Å². The quantitative estimate of drug-likeness (QED) is 0.466. The van der Waals surface area contributed by atoms with E-state index >= 15 is 0 Å². The Morgan fingerprint density at radius 1 is 1.05 bits per heavy atom. The van der Waals surface area contributed by atoms with Gasteiger partial charge in [0.25, 0.3) is 0 Å². The van der Waals surface area contributed by atoms with E-state index in [1.807, 2.05) is 0 Å². The predicted octanol–water partition coefficient (Wildman–Crippen LogP) is 4.74. The zero-order valence-corrected chi connectivity index (χ0v) is 10.6. The average molecular weight is 315 g/mol. The van der Waals surface area contributed by atoms with Gasteiger partial charge < -0.3 is 4.74 Å². The van der Waals surface area contributed by atoms with Crippen LogP contribution in [0.4, 0.5) is 27.6 Å². The van der Waals surface area contributed by atoms with Crippen LogP contribution in [0.25, 0.3) is 0 Å². The molecule has 0 bridgehead atoms. The first-order valence-electron chi connectivity index (χ1n) is 5.74. The number of halogens is 5. The van der Waals surface area contributed by atoms with Gasteiger partial charge in [0, 0.05) is 0 Å². The van der Waals surface area contributed by atoms with Gasteiger partial charge >= 0.3 is 6.18 Å². The SMILES string of the molecule is O=C=Nc1ccccc1Oc1c(F)cc(C(F)(F)F)cc1F. The number of hydrogen-bond donors (Lipinski definition) is 0. The van der Waals surface area contributed by atoms with Crippen molar-refractivity contribution >= 4 is 11.8 Å². The standard InChI is InChI=1S/C14H6F5NO2/c15-9-5-8(14(17,18)19)6-10(16)13(9)22-12-4-2-1-3-11(12)20-7-21/h1-6H. The third-order valence-corrected chi connectivity index (χ3v) is 2.57. The summed E-state index contributed by atoms with van der Waals surface area (Å²) in [5.74, 6) is -4.29. The summed E-state index contributed by atoms with van der Waals surface area (Å²) in [6.45, 7) is 0. The molecule has 0 saturated heterocycles. The summed E-state index contributed by atoms with van der Waals surface area (Å²) >= 11 is 0. The highest BCUT2D eigenvalue weighted by Crippen LogP contribution is 2.37. The highest BCUT2D eigenvalue weighted by molar-refractivity contribution is 5.58. The van der Waals surface area contributed by atoms with Gasteiger partial charge in [0.1, 0.15) is 5.69 Å². The maximum atomic E-state index is 13.7. The number of benzene rings is 2. The van der Waals surface area contributed by atoms with Crippen LogP contribution in [0.3, 0.4) is 0 Å². The Bertz CT molecular complexity index is 728. The summed E-state index contributed by atoms with van der Waals surface area (Å²) in [6, 6.07) is 5.68. The van der Waals surface area contributed by atoms with E-state index in [0.29, 0.717) is 0 Å². The molecule has 114 valence electrons. The minimum absolute atomic E-state index is 0.0730. The lowest BCUT2D eigenvalue weighted by Crippen LogP contribution is -2.07. The van der Waals surface area contributed by atoms with E-state index < -0.39 is 29.1 Å². The molecule has 0 atom stereocenters. The molecule has 0 aliphatic rings. The first-order valence-corrected chi connectivity index (χ1v) is 5.74. The van der Waals surface area contributed by atoms with E-state index in [-0.39, 0.29) is 23.6 Å². The number of nitrogens with zero attached hydrogens (tertiary/aromatic N) is 1. The normalized spacial score (nSPS) is 11.0. The Labute approximate surface area is 120 Å². The Kier molecular flexibility index (Phi) is 4.23. The molecule has 0 spiro atoms. The van der Waals surface area contributed by atoms with Crippen molar-refractivity contribution in [2.24, 2.45) is 4.99 Å². The molecule has 0 N–H and O–H groups in total. The lowest BCUT2D eigenvalue weighted by molar-refractivity contribution is -0.138. The second-order valence-corrected chi connectivity index (χ2v) is 4.04. The lowest BCUT2D eigenvalue weighted by Gasteiger charge is -2.12. The minimum atomic E-state index is -4.89. The zero-order valence-electron chi connectivity index (χ0n) is 10.6. The monoisotopic (exact) mass is 315 g/mol. The van der Waals surface area contributed by atoms with Crippen LogP contribution >= 0.6 is 0 Å². The average Bonchev–Trinajstić information content (AvgIpc) is 2.43. The molecule has 0 saturated carbocycles. The van der Waals surface area contributed by atoms with Crippen molar-refractivity contribution < 1.29 is 31.5 Å². The number of carbonyl (C=O) groups excluding carboxylic acids is 1. The molecule has 0 aromatic heterocycles. The summed E-state index contributed by atoms with van der Waals surface area (Å²) < 4.78 is 69.6. The maximum Gasteiger partial charge on any atom is 0.416 e. The number of rotatable bonds is 3. The van der Waals surface area contributed by atoms with E-state index in [1.165, 1.54) is 30.3 Å². The Hall–Kier alpha value is -2.73. The second kappa shape index (κ2) is 5.95. The van der Waals surface area contributed by atoms with Crippen molar-refractivity contribution in [3.05, 3.63) is 53.6 Å². The van der Waals surface area contributed by atoms with Crippen LogP contribution in [0.15, 0.2) is 41.4 Å². The second-order valence-electron chi connectivity index (χ2n) is 4.04. The molecular weight excluding hydrogens is 309 g/mol. The molecule has 22 heavy (non-hydrogen) atoms. The van der Waals surface area contributed by atoms with Crippen molar-refractivity contribution in [3.63, 3.8) is 0 Å². The van der Waals surface area contributed by atoms with E-state index in [9.17, 15) is 26.7 Å². The van der Waals surface area contributed by atoms with Gasteiger partial charge in [-0.3, -0.25) is 0 Å². The number of hydrogen-bond acceptors (Lipinski definition) is 3. The molecule has 0 amide bonds.